The molecule has 17 heteroatoms. The van der Waals surface area contributed by atoms with Crippen molar-refractivity contribution in [1.29, 1.82) is 0 Å². The summed E-state index contributed by atoms with van der Waals surface area (Å²) >= 11 is 0. The zero-order chi connectivity index (χ0) is 110. The zero-order valence-electron chi connectivity index (χ0n) is 101. The molecule has 20 atom stereocenters. The van der Waals surface area contributed by atoms with Crippen LogP contribution < -0.4 is 0 Å². The number of esters is 5. The molecule has 17 nitrogen and oxygen atoms in total. The lowest BCUT2D eigenvalue weighted by molar-refractivity contribution is -0.377. The Balaban J connectivity index is 2.70. The average molecular weight is 2120 g/mol. The Labute approximate surface area is 926 Å². The van der Waals surface area contributed by atoms with Gasteiger partial charge in [-0.25, -0.2) is 14.4 Å². The second-order valence-corrected chi connectivity index (χ2v) is 49.0. The van der Waals surface area contributed by atoms with Crippen molar-refractivity contribution in [3.8, 4) is 0 Å². The van der Waals surface area contributed by atoms with Crippen LogP contribution in [0.1, 0.15) is 651 Å². The summed E-state index contributed by atoms with van der Waals surface area (Å²) in [6, 6.07) is 0. The molecule has 2 aliphatic rings. The lowest BCUT2D eigenvalue weighted by Gasteiger charge is -2.47. The van der Waals surface area contributed by atoms with Gasteiger partial charge in [-0.3, -0.25) is 9.59 Å². The van der Waals surface area contributed by atoms with E-state index in [-0.39, 0.29) is 47.2 Å². The van der Waals surface area contributed by atoms with Gasteiger partial charge in [-0.2, -0.15) is 0 Å². The van der Waals surface area contributed by atoms with E-state index in [4.69, 9.17) is 37.9 Å². The predicted octanol–water partition coefficient (Wildman–Crippen LogP) is 37.8. The van der Waals surface area contributed by atoms with Gasteiger partial charge in [0.1, 0.15) is 31.0 Å². The molecule has 0 amide bonds. The van der Waals surface area contributed by atoms with Crippen LogP contribution in [0.2, 0.25) is 0 Å². The van der Waals surface area contributed by atoms with Crippen molar-refractivity contribution < 1.29 is 82.3 Å². The normalized spacial score (nSPS) is 20.4. The molecule has 2 aliphatic heterocycles. The highest BCUT2D eigenvalue weighted by Gasteiger charge is 2.56. The van der Waals surface area contributed by atoms with Crippen molar-refractivity contribution in [2.24, 2.45) is 53.3 Å². The van der Waals surface area contributed by atoms with Gasteiger partial charge in [-0.15, -0.1) is 0 Å². The number of unbranched alkanes of at least 4 members (excludes halogenated alkanes) is 69. The van der Waals surface area contributed by atoms with Crippen LogP contribution in [0.25, 0.3) is 0 Å². The van der Waals surface area contributed by atoms with Gasteiger partial charge < -0.3 is 58.3 Å². The Bertz CT molecular complexity index is 3220. The Morgan fingerprint density at radius 3 is 0.813 bits per heavy atom. The van der Waals surface area contributed by atoms with Gasteiger partial charge in [0.15, 0.2) is 24.4 Å². The second kappa shape index (κ2) is 97.3. The molecule has 0 aromatic rings. The minimum Gasteiger partial charge on any atom is -0.459 e. The summed E-state index contributed by atoms with van der Waals surface area (Å²) in [5.41, 5.74) is 0.837. The van der Waals surface area contributed by atoms with Crippen molar-refractivity contribution >= 4 is 29.8 Å². The van der Waals surface area contributed by atoms with E-state index in [0.29, 0.717) is 36.2 Å². The van der Waals surface area contributed by atoms with Crippen LogP contribution in [0.3, 0.4) is 0 Å². The van der Waals surface area contributed by atoms with E-state index >= 15 is 9.59 Å². The maximum Gasteiger partial charge on any atom is 0.333 e. The Kier molecular flexibility index (Phi) is 92.4. The van der Waals surface area contributed by atoms with Crippen LogP contribution in [-0.2, 0) is 61.9 Å². The molecule has 2 fully saturated rings. The minimum absolute atomic E-state index is 0.0302. The maximum absolute atomic E-state index is 15.1. The molecule has 882 valence electrons. The van der Waals surface area contributed by atoms with Gasteiger partial charge in [-0.05, 0) is 107 Å². The Morgan fingerprint density at radius 2 is 0.527 bits per heavy atom. The first-order valence-electron chi connectivity index (χ1n) is 65.3. The third kappa shape index (κ3) is 74.6. The molecule has 4 N–H and O–H groups in total. The molecule has 0 bridgehead atoms. The third-order valence-electron chi connectivity index (χ3n) is 33.1. The first-order chi connectivity index (χ1) is 72.7. The predicted molar refractivity (Wildman–Crippen MR) is 629 cm³/mol. The van der Waals surface area contributed by atoms with E-state index < -0.39 is 116 Å². The summed E-state index contributed by atoms with van der Waals surface area (Å²) in [6.45, 7) is 33.7. The monoisotopic (exact) mass is 2120 g/mol. The molecule has 0 spiro atoms. The highest BCUT2D eigenvalue weighted by Crippen LogP contribution is 2.38. The number of rotatable bonds is 105. The van der Waals surface area contributed by atoms with Crippen LogP contribution in [0.15, 0.2) is 34.9 Å². The van der Waals surface area contributed by atoms with Crippen molar-refractivity contribution in [2.45, 2.75) is 718 Å². The summed E-state index contributed by atoms with van der Waals surface area (Å²) < 4.78 is 52.2. The molecule has 0 aromatic heterocycles. The van der Waals surface area contributed by atoms with Crippen molar-refractivity contribution in [2.75, 3.05) is 13.2 Å². The smallest absolute Gasteiger partial charge is 0.333 e. The number of hydrogen-bond donors (Lipinski definition) is 4. The lowest BCUT2D eigenvalue weighted by Crippen LogP contribution is -2.66. The first kappa shape index (κ1) is 142. The SMILES string of the molecule is CCCCCCCCCCCCCCCCCCC[C@H](C)C[C@H](C)/C=C(\C)C(=O)OC1[C@H](O)C(COC(=O)/C(C)=C/[C@@H](C)C[C@@H](C)CCCCCCCCCCCCCCCC)O[C@H](O[C@H]2OC(CO)[C@@H](OC(=O)[C@@H](C)[C@@H](O)[C@@H](C)C[C@@H](C)CCCCCCCCCCCCCCCCCC)C(O)[C@@H]2OC(=O)/C(C)=C/[C@@H](C)C[C@@H](C)CCCCCCCCCCCCCCCC)[C@@H]1OC(=O)CCCCCCCCCCCCCCC. The topological polar surface area (TPSA) is 240 Å². The number of aliphatic hydroxyl groups is 4. The number of allylic oxidation sites excluding steroid dienone is 3. The van der Waals surface area contributed by atoms with Crippen LogP contribution in [0.5, 0.6) is 0 Å². The summed E-state index contributed by atoms with van der Waals surface area (Å²) in [6.07, 6.45) is 87.8. The van der Waals surface area contributed by atoms with Crippen LogP contribution in [-0.4, -0.2) is 131 Å². The van der Waals surface area contributed by atoms with E-state index in [2.05, 4.69) is 83.1 Å². The molecule has 4 unspecified atom stereocenters. The van der Waals surface area contributed by atoms with E-state index in [1.54, 1.807) is 27.7 Å². The summed E-state index contributed by atoms with van der Waals surface area (Å²) in [5, 5.41) is 49.7. The summed E-state index contributed by atoms with van der Waals surface area (Å²) in [5.74, 6) is -3.98. The summed E-state index contributed by atoms with van der Waals surface area (Å²) in [7, 11) is 0. The number of ether oxygens (including phenoxy) is 8. The molecule has 0 saturated carbocycles. The van der Waals surface area contributed by atoms with Crippen molar-refractivity contribution in [3.05, 3.63) is 34.9 Å². The van der Waals surface area contributed by atoms with E-state index in [9.17, 15) is 34.8 Å². The molecule has 2 saturated heterocycles. The summed E-state index contributed by atoms with van der Waals surface area (Å²) in [4.78, 5) is 74.3. The highest BCUT2D eigenvalue weighted by molar-refractivity contribution is 5.89. The largest absolute Gasteiger partial charge is 0.459 e. The standard InChI is InChI=1S/C133H248O17/c1-18-23-28-33-38-43-48-53-57-59-61-65-69-74-79-83-88-93-107(7)98-111(11)102-115(15)129(140)148-125-122(137)119(105-143-128(139)114(14)101-110(10)97-106(6)92-87-82-77-72-67-63-55-50-45-40-35-30-25-20-3)145-133(127(125)146-120(135)96-91-86-81-76-71-62-52-47-42-37-32-27-22-5)150-132-126(149-130(141)116(16)103-112(12)99-108(8)94-89-84-78-73-68-64-56-51-46-41-36-31-26-21-4)123(138)124(118(104-134)144-132)147-131(142)117(17)121(136)113(13)100-109(9)95-90-85-80-75-70-66-60-58-54-49-44-39-34-29-24-19-2/h101-103,106-113,117-119,121-127,132-134,136-138H,18-100,104-105H2,1-17H3/b114-101+,115-102+,116-103+/t106-,107-,108-,109-,110-,111-,112-,113-,117-,118?,119?,121-,122+,123?,124+,125?,126-,127+,132+,133+/m0/s1. The Morgan fingerprint density at radius 1 is 0.280 bits per heavy atom. The van der Waals surface area contributed by atoms with Crippen molar-refractivity contribution in [3.63, 3.8) is 0 Å². The number of hydrogen-bond acceptors (Lipinski definition) is 17. The Hall–Kier alpha value is -3.71. The van der Waals surface area contributed by atoms with E-state index in [1.165, 1.54) is 405 Å². The molecule has 150 heavy (non-hydrogen) atoms. The van der Waals surface area contributed by atoms with E-state index in [1.807, 2.05) is 25.2 Å². The van der Waals surface area contributed by atoms with Crippen LogP contribution in [0.4, 0.5) is 0 Å². The average Bonchev–Trinajstić information content (AvgIpc) is 0.770. The first-order valence-corrected chi connectivity index (χ1v) is 65.3. The quantitative estimate of drug-likeness (QED) is 0.0192. The second-order valence-electron chi connectivity index (χ2n) is 49.0. The maximum atomic E-state index is 15.1. The fraction of sp³-hybridized carbons (Fsp3) is 0.917. The van der Waals surface area contributed by atoms with Crippen LogP contribution >= 0.6 is 0 Å². The molecule has 0 aliphatic carbocycles. The number of carbonyl (C=O) groups excluding carboxylic acids is 5. The van der Waals surface area contributed by atoms with Gasteiger partial charge in [0.2, 0.25) is 12.6 Å². The molecule has 0 aromatic carbocycles. The molecule has 2 heterocycles. The number of carbonyl (C=O) groups is 5. The fourth-order valence-corrected chi connectivity index (χ4v) is 23.5. The van der Waals surface area contributed by atoms with Gasteiger partial charge in [0.25, 0.3) is 0 Å². The molecule has 2 rings (SSSR count). The molecular weight excluding hydrogens is 1870 g/mol. The lowest BCUT2D eigenvalue weighted by atomic mass is 9.85. The molecule has 0 radical (unpaired) electrons. The molecular formula is C133H248O17. The van der Waals surface area contributed by atoms with Gasteiger partial charge in [-0.1, -0.05) is 603 Å². The van der Waals surface area contributed by atoms with Gasteiger partial charge >= 0.3 is 29.8 Å². The van der Waals surface area contributed by atoms with E-state index in [0.717, 1.165) is 109 Å². The zero-order valence-corrected chi connectivity index (χ0v) is 101. The van der Waals surface area contributed by atoms with Gasteiger partial charge in [0.05, 0.1) is 18.6 Å². The van der Waals surface area contributed by atoms with Gasteiger partial charge in [0, 0.05) is 23.1 Å². The number of aliphatic hydroxyl groups excluding tert-OH is 4. The third-order valence-corrected chi connectivity index (χ3v) is 33.1. The van der Waals surface area contributed by atoms with Crippen LogP contribution in [0, 0.1) is 53.3 Å². The minimum atomic E-state index is -1.98. The highest BCUT2D eigenvalue weighted by atomic mass is 16.8. The van der Waals surface area contributed by atoms with Crippen molar-refractivity contribution in [1.82, 2.24) is 0 Å². The fourth-order valence-electron chi connectivity index (χ4n) is 23.5.